The fourth-order valence-corrected chi connectivity index (χ4v) is 5.00. The lowest BCUT2D eigenvalue weighted by Gasteiger charge is -2.06. The summed E-state index contributed by atoms with van der Waals surface area (Å²) in [4.78, 5) is 8.01. The summed E-state index contributed by atoms with van der Waals surface area (Å²) < 4.78 is 40.2. The van der Waals surface area contributed by atoms with Crippen LogP contribution in [0.5, 0.6) is 0 Å². The van der Waals surface area contributed by atoms with E-state index in [9.17, 15) is 23.7 Å². The molecule has 0 spiro atoms. The second-order valence-electron chi connectivity index (χ2n) is 8.45. The lowest BCUT2D eigenvalue weighted by atomic mass is 10.0. The summed E-state index contributed by atoms with van der Waals surface area (Å²) >= 11 is 0. The summed E-state index contributed by atoms with van der Waals surface area (Å²) in [6, 6.07) is 22.9. The predicted octanol–water partition coefficient (Wildman–Crippen LogP) is 6.62. The van der Waals surface area contributed by atoms with Gasteiger partial charge in [-0.15, -0.1) is 0 Å². The Labute approximate surface area is 201 Å². The lowest BCUT2D eigenvalue weighted by Crippen LogP contribution is -2.06. The van der Waals surface area contributed by atoms with Gasteiger partial charge in [0.1, 0.15) is 0 Å². The van der Waals surface area contributed by atoms with E-state index in [0.717, 1.165) is 39.4 Å². The van der Waals surface area contributed by atoms with Crippen LogP contribution in [-0.2, 0) is 6.18 Å². The van der Waals surface area contributed by atoms with Crippen LogP contribution in [0.3, 0.4) is 0 Å². The fraction of sp³-hybridized carbons (Fsp3) is 0.0345. The van der Waals surface area contributed by atoms with Crippen molar-refractivity contribution in [3.8, 4) is 23.5 Å². The van der Waals surface area contributed by atoms with Gasteiger partial charge in [-0.3, -0.25) is 0 Å². The van der Waals surface area contributed by atoms with E-state index >= 15 is 0 Å². The zero-order valence-electron chi connectivity index (χ0n) is 18.4. The number of halogens is 3. The van der Waals surface area contributed by atoms with Gasteiger partial charge in [0.25, 0.3) is 0 Å². The van der Waals surface area contributed by atoms with Gasteiger partial charge in [0.05, 0.1) is 16.3 Å². The minimum absolute atomic E-state index is 0.199. The van der Waals surface area contributed by atoms with Crippen LogP contribution >= 0.6 is 0 Å². The molecule has 0 radical (unpaired) electrons. The predicted molar refractivity (Wildman–Crippen MR) is 132 cm³/mol. The first-order chi connectivity index (χ1) is 17.4. The Balaban J connectivity index is 1.76. The minimum Gasteiger partial charge on any atom is -0.172 e. The standard InChI is InChI=1S/C29H13F3N4/c30-29(31,32)18-7-9-20-22-13-25-21(12-26(22)28(36-15-34)24(20)11-18)19-8-6-17(16-4-2-1-3-5-16)10-23(19)27(25)35-14-33/h1-13H/b35-27+,36-28+. The Morgan fingerprint density at radius 2 is 1.06 bits per heavy atom. The molecule has 0 bridgehead atoms. The third kappa shape index (κ3) is 3.14. The SMILES string of the molecule is N#C/N=c1\c2cc(-c3ccccc3)ccc2c2cc3/c(=N/C#N)c4cc(C(F)(F)F)ccc4c3cc12. The van der Waals surface area contributed by atoms with E-state index in [4.69, 9.17) is 0 Å². The molecule has 170 valence electrons. The molecule has 0 amide bonds. The molecule has 0 saturated heterocycles. The van der Waals surface area contributed by atoms with Gasteiger partial charge in [0, 0.05) is 21.5 Å². The normalized spacial score (nSPS) is 13.1. The maximum Gasteiger partial charge on any atom is 0.416 e. The maximum atomic E-state index is 13.4. The Morgan fingerprint density at radius 1 is 0.528 bits per heavy atom. The third-order valence-electron chi connectivity index (χ3n) is 6.56. The van der Waals surface area contributed by atoms with Gasteiger partial charge in [-0.1, -0.05) is 48.5 Å². The smallest absolute Gasteiger partial charge is 0.172 e. The molecule has 6 rings (SSSR count). The molecular formula is C29H13F3N4. The number of benzene rings is 4. The minimum atomic E-state index is -4.52. The molecule has 0 aromatic heterocycles. The maximum absolute atomic E-state index is 13.4. The van der Waals surface area contributed by atoms with E-state index in [0.29, 0.717) is 26.9 Å². The van der Waals surface area contributed by atoms with Gasteiger partial charge in [0.15, 0.2) is 0 Å². The highest BCUT2D eigenvalue weighted by atomic mass is 19.4. The summed E-state index contributed by atoms with van der Waals surface area (Å²) in [6.07, 6.45) is -0.904. The number of fused-ring (bicyclic) bond motifs is 6. The molecule has 0 unspecified atom stereocenters. The molecule has 7 heteroatoms. The van der Waals surface area contributed by atoms with Crippen LogP contribution in [0.25, 0.3) is 54.2 Å². The number of nitriles is 2. The molecule has 0 aliphatic heterocycles. The number of alkyl halides is 3. The van der Waals surface area contributed by atoms with Crippen LogP contribution in [0.15, 0.2) is 88.8 Å². The Bertz CT molecular complexity index is 2050. The molecule has 0 aliphatic rings. The van der Waals surface area contributed by atoms with Crippen LogP contribution in [0.1, 0.15) is 5.56 Å². The number of nitrogens with zero attached hydrogens (tertiary/aromatic N) is 4. The highest BCUT2D eigenvalue weighted by Gasteiger charge is 2.31. The molecule has 0 N–H and O–H groups in total. The van der Waals surface area contributed by atoms with Crippen molar-refractivity contribution >= 4 is 43.1 Å². The van der Waals surface area contributed by atoms with E-state index in [2.05, 4.69) is 9.98 Å². The number of hydrogen-bond acceptors (Lipinski definition) is 4. The lowest BCUT2D eigenvalue weighted by molar-refractivity contribution is -0.137. The molecule has 6 aromatic carbocycles. The molecule has 0 atom stereocenters. The van der Waals surface area contributed by atoms with Crippen molar-refractivity contribution in [3.63, 3.8) is 0 Å². The zero-order chi connectivity index (χ0) is 25.0. The fourth-order valence-electron chi connectivity index (χ4n) is 5.00. The topological polar surface area (TPSA) is 72.3 Å². The second kappa shape index (κ2) is 7.76. The van der Waals surface area contributed by atoms with Crippen LogP contribution in [-0.4, -0.2) is 0 Å². The van der Waals surface area contributed by atoms with Gasteiger partial charge in [-0.05, 0) is 63.0 Å². The van der Waals surface area contributed by atoms with E-state index in [1.54, 1.807) is 6.19 Å². The largest absolute Gasteiger partial charge is 0.416 e. The monoisotopic (exact) mass is 474 g/mol. The van der Waals surface area contributed by atoms with Crippen LogP contribution in [0.4, 0.5) is 13.2 Å². The summed E-state index contributed by atoms with van der Waals surface area (Å²) in [7, 11) is 0. The van der Waals surface area contributed by atoms with E-state index in [1.165, 1.54) is 6.07 Å². The average Bonchev–Trinajstić information content (AvgIpc) is 3.35. The first-order valence-electron chi connectivity index (χ1n) is 11.0. The van der Waals surface area contributed by atoms with Crippen molar-refractivity contribution in [2.75, 3.05) is 0 Å². The van der Waals surface area contributed by atoms with Gasteiger partial charge in [0.2, 0.25) is 12.4 Å². The zero-order valence-corrected chi connectivity index (χ0v) is 18.4. The number of rotatable bonds is 1. The molecule has 0 aliphatic carbocycles. The Morgan fingerprint density at radius 3 is 1.61 bits per heavy atom. The highest BCUT2D eigenvalue weighted by molar-refractivity contribution is 6.21. The quantitative estimate of drug-likeness (QED) is 0.251. The third-order valence-corrected chi connectivity index (χ3v) is 6.56. The van der Waals surface area contributed by atoms with Crippen LogP contribution in [0, 0.1) is 22.9 Å². The summed E-state index contributed by atoms with van der Waals surface area (Å²) in [5.74, 6) is 0. The van der Waals surface area contributed by atoms with Crippen molar-refractivity contribution in [3.05, 3.63) is 95.1 Å². The van der Waals surface area contributed by atoms with Gasteiger partial charge < -0.3 is 0 Å². The van der Waals surface area contributed by atoms with Gasteiger partial charge in [-0.2, -0.15) is 33.7 Å². The van der Waals surface area contributed by atoms with E-state index in [-0.39, 0.29) is 10.7 Å². The Kier molecular flexibility index (Phi) is 4.64. The average molecular weight is 474 g/mol. The second-order valence-corrected chi connectivity index (χ2v) is 8.45. The first kappa shape index (κ1) is 21.5. The first-order valence-corrected chi connectivity index (χ1v) is 11.0. The van der Waals surface area contributed by atoms with Crippen molar-refractivity contribution < 1.29 is 13.2 Å². The molecule has 36 heavy (non-hydrogen) atoms. The molecule has 6 aromatic rings. The van der Waals surface area contributed by atoms with Crippen molar-refractivity contribution in [1.82, 2.24) is 0 Å². The molecular weight excluding hydrogens is 461 g/mol. The molecule has 0 saturated carbocycles. The van der Waals surface area contributed by atoms with Crippen molar-refractivity contribution in [2.45, 2.75) is 6.18 Å². The van der Waals surface area contributed by atoms with Gasteiger partial charge in [-0.25, -0.2) is 0 Å². The van der Waals surface area contributed by atoms with E-state index < -0.39 is 11.7 Å². The number of hydrogen-bond donors (Lipinski definition) is 0. The Hall–Kier alpha value is -5.01. The highest BCUT2D eigenvalue weighted by Crippen LogP contribution is 2.36. The van der Waals surface area contributed by atoms with E-state index in [1.807, 2.05) is 66.9 Å². The summed E-state index contributed by atoms with van der Waals surface area (Å²) in [5, 5.41) is 24.6. The van der Waals surface area contributed by atoms with Crippen LogP contribution in [0.2, 0.25) is 0 Å². The van der Waals surface area contributed by atoms with Crippen LogP contribution < -0.4 is 10.7 Å². The molecule has 0 fully saturated rings. The van der Waals surface area contributed by atoms with Crippen molar-refractivity contribution in [2.24, 2.45) is 9.98 Å². The molecule has 4 nitrogen and oxygen atoms in total. The summed E-state index contributed by atoms with van der Waals surface area (Å²) in [5.41, 5.74) is 1.18. The summed E-state index contributed by atoms with van der Waals surface area (Å²) in [6.45, 7) is 0. The van der Waals surface area contributed by atoms with Crippen molar-refractivity contribution in [1.29, 1.82) is 10.5 Å². The van der Waals surface area contributed by atoms with Gasteiger partial charge >= 0.3 is 6.18 Å². The molecule has 0 heterocycles.